The Morgan fingerprint density at radius 2 is 1.82 bits per heavy atom. The highest BCUT2D eigenvalue weighted by Gasteiger charge is 2.34. The number of hydrogen-bond acceptors (Lipinski definition) is 5. The number of carbonyl (C=O) groups is 1. The summed E-state index contributed by atoms with van der Waals surface area (Å²) >= 11 is 6.79. The molecule has 0 bridgehead atoms. The van der Waals surface area contributed by atoms with Crippen LogP contribution in [0.4, 0.5) is 0 Å². The highest BCUT2D eigenvalue weighted by Crippen LogP contribution is 2.33. The summed E-state index contributed by atoms with van der Waals surface area (Å²) in [4.78, 5) is 24.6. The van der Waals surface area contributed by atoms with E-state index in [0.29, 0.717) is 37.2 Å². The fourth-order valence-corrected chi connectivity index (χ4v) is 6.16. The third kappa shape index (κ3) is 7.67. The van der Waals surface area contributed by atoms with E-state index < -0.39 is 15.5 Å². The number of carboxylic acid groups (broad SMARTS) is 1. The van der Waals surface area contributed by atoms with Crippen LogP contribution in [0.3, 0.4) is 0 Å². The molecule has 1 aromatic carbocycles. The Morgan fingerprint density at radius 3 is 2.38 bits per heavy atom. The van der Waals surface area contributed by atoms with E-state index in [0.717, 1.165) is 21.4 Å². The molecule has 1 aromatic heterocycles. The van der Waals surface area contributed by atoms with Crippen molar-refractivity contribution in [2.45, 2.75) is 82.7 Å². The summed E-state index contributed by atoms with van der Waals surface area (Å²) in [6.07, 6.45) is 12.3. The number of carboxylic acids is 1. The van der Waals surface area contributed by atoms with E-state index in [1.807, 2.05) is 57.2 Å². The van der Waals surface area contributed by atoms with Crippen LogP contribution in [-0.4, -0.2) is 54.9 Å². The van der Waals surface area contributed by atoms with Crippen LogP contribution in [0.1, 0.15) is 65.9 Å². The number of hydrogen-bond donors (Lipinski definition) is 2. The topological polar surface area (TPSA) is 105 Å². The van der Waals surface area contributed by atoms with Crippen molar-refractivity contribution < 1.29 is 18.8 Å². The van der Waals surface area contributed by atoms with E-state index in [4.69, 9.17) is 21.3 Å². The summed E-state index contributed by atoms with van der Waals surface area (Å²) in [5, 5.41) is 9.60. The fraction of sp³-hybridized carbons (Fsp3) is 0.484. The van der Waals surface area contributed by atoms with Crippen molar-refractivity contribution >= 4 is 44.6 Å². The first-order valence-corrected chi connectivity index (χ1v) is 16.4. The van der Waals surface area contributed by atoms with E-state index in [1.165, 1.54) is 0 Å². The van der Waals surface area contributed by atoms with Gasteiger partial charge in [0.15, 0.2) is 5.49 Å². The molecule has 1 aliphatic heterocycles. The zero-order chi connectivity index (χ0) is 29.7. The van der Waals surface area contributed by atoms with Gasteiger partial charge in [-0.05, 0) is 77.3 Å². The van der Waals surface area contributed by atoms with Gasteiger partial charge in [0.2, 0.25) is 0 Å². The van der Waals surface area contributed by atoms with Crippen LogP contribution < -0.4 is 15.6 Å². The maximum Gasteiger partial charge on any atom is 0.306 e. The normalized spacial score (nSPS) is 24.5. The van der Waals surface area contributed by atoms with Crippen molar-refractivity contribution in [3.8, 4) is 6.01 Å². The van der Waals surface area contributed by atoms with Gasteiger partial charge in [-0.25, -0.2) is 0 Å². The minimum atomic E-state index is -2.25. The predicted molar refractivity (Wildman–Crippen MR) is 165 cm³/mol. The van der Waals surface area contributed by atoms with Crippen LogP contribution in [-0.2, 0) is 14.3 Å². The predicted octanol–water partition coefficient (Wildman–Crippen LogP) is 5.24. The Hall–Kier alpha value is -2.84. The standard InChI is InChI=1S/C29H36ClN3O4S.C2H6/c1-6-18(19-9-13-22(14-10-19)38(4,5)36)15-16-29(2,3)25-23(30)17-24-26(32-25)33-28(31-24)37-21-11-7-20(8-12-21)27(34)35;1-2/h6,9-10,13-17,20-21,23,25H,4,7-8,11-12H2,1-3,5H3,(H,34,35)(H,31,32,33);1-2H3/b16-15-,18-6+;. The van der Waals surface area contributed by atoms with Gasteiger partial charge in [-0.15, -0.1) is 11.6 Å². The lowest BCUT2D eigenvalue weighted by atomic mass is 9.81. The molecule has 218 valence electrons. The lowest BCUT2D eigenvalue weighted by Crippen LogP contribution is -2.43. The number of benzene rings is 1. The number of nitrogens with one attached hydrogen (secondary N) is 1. The summed E-state index contributed by atoms with van der Waals surface area (Å²) in [5.41, 5.74) is 2.25. The molecule has 3 atom stereocenters. The fourth-order valence-electron chi connectivity index (χ4n) is 4.94. The van der Waals surface area contributed by atoms with Crippen LogP contribution in [0.5, 0.6) is 6.01 Å². The molecule has 0 spiro atoms. The monoisotopic (exact) mass is 587 g/mol. The van der Waals surface area contributed by atoms with E-state index in [-0.39, 0.29) is 28.9 Å². The summed E-state index contributed by atoms with van der Waals surface area (Å²) in [6, 6.07) is 7.81. The van der Waals surface area contributed by atoms with Crippen molar-refractivity contribution in [3.63, 3.8) is 0 Å². The number of allylic oxidation sites excluding steroid dienone is 3. The van der Waals surface area contributed by atoms with Gasteiger partial charge in [-0.3, -0.25) is 14.0 Å². The highest BCUT2D eigenvalue weighted by atomic mass is 35.5. The largest absolute Gasteiger partial charge is 0.481 e. The molecular weight excluding hydrogens is 546 g/mol. The van der Waals surface area contributed by atoms with Gasteiger partial charge >= 0.3 is 5.97 Å². The minimum Gasteiger partial charge on any atom is -0.481 e. The third-order valence-electron chi connectivity index (χ3n) is 7.33. The SMILES string of the molecule is C=S(C)(=O)c1ccc(C(/C=C\C(C)(C)C2N=c3nc(OC4CCC(C(=O)O)CC4)[nH]c3=CC2Cl)=C/C)cc1.CC. The first-order valence-electron chi connectivity index (χ1n) is 13.8. The number of alkyl halides is 1. The van der Waals surface area contributed by atoms with Gasteiger partial charge in [-0.1, -0.05) is 58.1 Å². The van der Waals surface area contributed by atoms with Gasteiger partial charge in [0.1, 0.15) is 6.10 Å². The third-order valence-corrected chi connectivity index (χ3v) is 8.97. The van der Waals surface area contributed by atoms with Gasteiger partial charge in [0.25, 0.3) is 6.01 Å². The van der Waals surface area contributed by atoms with Crippen molar-refractivity contribution in [1.82, 2.24) is 9.97 Å². The summed E-state index contributed by atoms with van der Waals surface area (Å²) in [7, 11) is -2.25. The van der Waals surface area contributed by atoms with E-state index in [2.05, 4.69) is 41.8 Å². The zero-order valence-corrected chi connectivity index (χ0v) is 25.9. The lowest BCUT2D eigenvalue weighted by Gasteiger charge is -2.31. The molecule has 9 heteroatoms. The Labute approximate surface area is 243 Å². The summed E-state index contributed by atoms with van der Waals surface area (Å²) in [6.45, 7) is 10.2. The second-order valence-electron chi connectivity index (χ2n) is 10.8. The molecule has 7 nitrogen and oxygen atoms in total. The molecule has 2 aliphatic rings. The minimum absolute atomic E-state index is 0.0640. The number of H-pyrrole nitrogens is 1. The van der Waals surface area contributed by atoms with Crippen LogP contribution in [0, 0.1) is 11.3 Å². The Kier molecular flexibility index (Phi) is 10.5. The molecule has 0 saturated heterocycles. The lowest BCUT2D eigenvalue weighted by molar-refractivity contribution is -0.143. The molecule has 1 aliphatic carbocycles. The zero-order valence-electron chi connectivity index (χ0n) is 24.3. The molecule has 0 radical (unpaired) electrons. The number of halogens is 1. The van der Waals surface area contributed by atoms with E-state index in [1.54, 1.807) is 6.26 Å². The first kappa shape index (κ1) is 31.7. The Balaban J connectivity index is 0.00000216. The molecule has 0 amide bonds. The van der Waals surface area contributed by atoms with Gasteiger partial charge in [0.05, 0.1) is 22.7 Å². The first-order chi connectivity index (χ1) is 18.9. The average Bonchev–Trinajstić information content (AvgIpc) is 3.30. The van der Waals surface area contributed by atoms with Crippen LogP contribution in [0.15, 0.2) is 52.4 Å². The molecule has 2 N–H and O–H groups in total. The van der Waals surface area contributed by atoms with E-state index in [9.17, 15) is 14.1 Å². The molecular formula is C31H42ClN3O4S. The number of imidazole rings is 1. The molecule has 2 aromatic rings. The smallest absolute Gasteiger partial charge is 0.306 e. The molecule has 1 fully saturated rings. The van der Waals surface area contributed by atoms with E-state index >= 15 is 0 Å². The molecule has 3 unspecified atom stereocenters. The number of aromatic nitrogens is 2. The Bertz CT molecular complexity index is 1470. The van der Waals surface area contributed by atoms with Crippen LogP contribution >= 0.6 is 11.6 Å². The van der Waals surface area contributed by atoms with Gasteiger partial charge in [-0.2, -0.15) is 4.98 Å². The summed E-state index contributed by atoms with van der Waals surface area (Å²) < 4.78 is 18.3. The quantitative estimate of drug-likeness (QED) is 0.250. The number of aromatic amines is 1. The van der Waals surface area contributed by atoms with Crippen LogP contribution in [0.25, 0.3) is 11.6 Å². The number of fused-ring (bicyclic) bond motifs is 1. The van der Waals surface area contributed by atoms with Crippen molar-refractivity contribution in [2.24, 2.45) is 16.3 Å². The van der Waals surface area contributed by atoms with Crippen molar-refractivity contribution in [3.05, 3.63) is 58.9 Å². The molecule has 4 rings (SSSR count). The number of aliphatic carboxylic acids is 1. The number of ether oxygens (including phenoxy) is 1. The second kappa shape index (κ2) is 13.2. The van der Waals surface area contributed by atoms with Gasteiger partial charge in [0, 0.05) is 16.6 Å². The van der Waals surface area contributed by atoms with Gasteiger partial charge < -0.3 is 14.8 Å². The molecule has 40 heavy (non-hydrogen) atoms. The van der Waals surface area contributed by atoms with Crippen molar-refractivity contribution in [2.75, 3.05) is 6.26 Å². The second-order valence-corrected chi connectivity index (χ2v) is 13.8. The maximum absolute atomic E-state index is 12.2. The number of rotatable bonds is 8. The summed E-state index contributed by atoms with van der Waals surface area (Å²) in [5.74, 6) is 2.73. The average molecular weight is 588 g/mol. The van der Waals surface area contributed by atoms with Crippen LogP contribution in [0.2, 0.25) is 0 Å². The highest BCUT2D eigenvalue weighted by molar-refractivity contribution is 7.99. The maximum atomic E-state index is 12.2. The van der Waals surface area contributed by atoms with Crippen molar-refractivity contribution in [1.29, 1.82) is 0 Å². The number of nitrogens with zero attached hydrogens (tertiary/aromatic N) is 2. The Morgan fingerprint density at radius 1 is 1.20 bits per heavy atom. The molecule has 1 saturated carbocycles. The molecule has 2 heterocycles.